The molecule has 0 bridgehead atoms. The molecule has 21 heavy (non-hydrogen) atoms. The van der Waals surface area contributed by atoms with E-state index >= 15 is 0 Å². The van der Waals surface area contributed by atoms with Gasteiger partial charge >= 0.3 is 0 Å². The molecule has 2 aromatic rings. The fourth-order valence-corrected chi connectivity index (χ4v) is 2.77. The summed E-state index contributed by atoms with van der Waals surface area (Å²) in [6.07, 6.45) is 2.03. The number of aryl methyl sites for hydroxylation is 2. The maximum absolute atomic E-state index is 12.4. The van der Waals surface area contributed by atoms with Gasteiger partial charge in [0, 0.05) is 16.7 Å². The summed E-state index contributed by atoms with van der Waals surface area (Å²) in [7, 11) is 0. The van der Waals surface area contributed by atoms with Crippen molar-refractivity contribution in [2.24, 2.45) is 0 Å². The van der Waals surface area contributed by atoms with Gasteiger partial charge in [0.1, 0.15) is 5.15 Å². The molecule has 1 N–H and O–H groups in total. The number of benzene rings is 1. The van der Waals surface area contributed by atoms with Crippen molar-refractivity contribution in [3.63, 3.8) is 0 Å². The van der Waals surface area contributed by atoms with Crippen LogP contribution in [0.2, 0.25) is 5.15 Å². The highest BCUT2D eigenvalue weighted by atomic mass is 79.9. The van der Waals surface area contributed by atoms with E-state index in [9.17, 15) is 4.79 Å². The van der Waals surface area contributed by atoms with E-state index in [2.05, 4.69) is 33.3 Å². The fourth-order valence-electron chi connectivity index (χ4n) is 2.03. The van der Waals surface area contributed by atoms with Crippen LogP contribution in [0.5, 0.6) is 0 Å². The Morgan fingerprint density at radius 1 is 1.48 bits per heavy atom. The molecule has 1 heterocycles. The summed E-state index contributed by atoms with van der Waals surface area (Å²) in [6, 6.07) is 7.42. The van der Waals surface area contributed by atoms with E-state index in [1.165, 1.54) is 0 Å². The summed E-state index contributed by atoms with van der Waals surface area (Å²) in [5.41, 5.74) is 1.79. The standard InChI is InChI=1S/C15H17BrClN3O/c1-3-4-8-20-14(17)13(10(2)19-20)15(21)18-12-7-5-6-11(16)9-12/h5-7,9H,3-4,8H2,1-2H3,(H,18,21). The van der Waals surface area contributed by atoms with Gasteiger partial charge in [0.05, 0.1) is 11.3 Å². The van der Waals surface area contributed by atoms with Gasteiger partial charge in [-0.15, -0.1) is 0 Å². The highest BCUT2D eigenvalue weighted by molar-refractivity contribution is 9.10. The first kappa shape index (κ1) is 16.0. The van der Waals surface area contributed by atoms with Crippen LogP contribution in [0.3, 0.4) is 0 Å². The molecule has 0 atom stereocenters. The Labute approximate surface area is 137 Å². The number of nitrogens with zero attached hydrogens (tertiary/aromatic N) is 2. The Balaban J connectivity index is 2.21. The lowest BCUT2D eigenvalue weighted by Crippen LogP contribution is -2.13. The Kier molecular flexibility index (Phi) is 5.42. The van der Waals surface area contributed by atoms with E-state index in [0.717, 1.165) is 23.9 Å². The predicted octanol–water partition coefficient (Wildman–Crippen LogP) is 4.66. The summed E-state index contributed by atoms with van der Waals surface area (Å²) < 4.78 is 2.60. The van der Waals surface area contributed by atoms with Crippen molar-refractivity contribution in [2.75, 3.05) is 5.32 Å². The maximum Gasteiger partial charge on any atom is 0.260 e. The van der Waals surface area contributed by atoms with Crippen molar-refractivity contribution in [2.45, 2.75) is 33.2 Å². The lowest BCUT2D eigenvalue weighted by molar-refractivity contribution is 0.102. The molecular weight excluding hydrogens is 354 g/mol. The minimum atomic E-state index is -0.238. The highest BCUT2D eigenvalue weighted by Crippen LogP contribution is 2.23. The van der Waals surface area contributed by atoms with Crippen LogP contribution < -0.4 is 5.32 Å². The van der Waals surface area contributed by atoms with Crippen LogP contribution in [-0.2, 0) is 6.54 Å². The Bertz CT molecular complexity index is 654. The zero-order valence-electron chi connectivity index (χ0n) is 12.0. The van der Waals surface area contributed by atoms with Crippen LogP contribution in [0, 0.1) is 6.92 Å². The molecule has 0 aliphatic rings. The van der Waals surface area contributed by atoms with E-state index in [-0.39, 0.29) is 5.91 Å². The molecule has 0 radical (unpaired) electrons. The number of aromatic nitrogens is 2. The van der Waals surface area contributed by atoms with Crippen molar-refractivity contribution in [3.05, 3.63) is 45.1 Å². The topological polar surface area (TPSA) is 46.9 Å². The zero-order valence-corrected chi connectivity index (χ0v) is 14.3. The SMILES string of the molecule is CCCCn1nc(C)c(C(=O)Nc2cccc(Br)c2)c1Cl. The third-order valence-corrected chi connectivity index (χ3v) is 3.98. The second-order valence-corrected chi connectivity index (χ2v) is 6.07. The van der Waals surface area contributed by atoms with Crippen molar-refractivity contribution in [1.29, 1.82) is 0 Å². The van der Waals surface area contributed by atoms with E-state index in [1.807, 2.05) is 24.3 Å². The van der Waals surface area contributed by atoms with Crippen molar-refractivity contribution in [1.82, 2.24) is 9.78 Å². The minimum Gasteiger partial charge on any atom is -0.322 e. The fraction of sp³-hybridized carbons (Fsp3) is 0.333. The number of carbonyl (C=O) groups is 1. The van der Waals surface area contributed by atoms with Crippen LogP contribution in [0.4, 0.5) is 5.69 Å². The quantitative estimate of drug-likeness (QED) is 0.832. The van der Waals surface area contributed by atoms with Gasteiger partial charge in [-0.3, -0.25) is 9.48 Å². The Morgan fingerprint density at radius 3 is 2.90 bits per heavy atom. The van der Waals surface area contributed by atoms with E-state index in [1.54, 1.807) is 11.6 Å². The summed E-state index contributed by atoms with van der Waals surface area (Å²) in [5, 5.41) is 7.58. The molecule has 0 saturated heterocycles. The molecule has 6 heteroatoms. The number of anilines is 1. The van der Waals surface area contributed by atoms with Gasteiger partial charge in [0.15, 0.2) is 0 Å². The van der Waals surface area contributed by atoms with Crippen LogP contribution in [0.15, 0.2) is 28.7 Å². The number of halogens is 2. The number of nitrogens with one attached hydrogen (secondary N) is 1. The smallest absolute Gasteiger partial charge is 0.260 e. The van der Waals surface area contributed by atoms with Gasteiger partial charge < -0.3 is 5.32 Å². The van der Waals surface area contributed by atoms with Crippen LogP contribution >= 0.6 is 27.5 Å². The Morgan fingerprint density at radius 2 is 2.24 bits per heavy atom. The molecule has 0 fully saturated rings. The third-order valence-electron chi connectivity index (χ3n) is 3.10. The van der Waals surface area contributed by atoms with Gasteiger partial charge in [0.25, 0.3) is 5.91 Å². The maximum atomic E-state index is 12.4. The van der Waals surface area contributed by atoms with Crippen molar-refractivity contribution < 1.29 is 4.79 Å². The second-order valence-electron chi connectivity index (χ2n) is 4.79. The molecule has 2 rings (SSSR count). The first-order chi connectivity index (χ1) is 10.0. The summed E-state index contributed by atoms with van der Waals surface area (Å²) in [5.74, 6) is -0.238. The monoisotopic (exact) mass is 369 g/mol. The molecule has 0 unspecified atom stereocenters. The van der Waals surface area contributed by atoms with Gasteiger partial charge in [-0.2, -0.15) is 5.10 Å². The molecule has 4 nitrogen and oxygen atoms in total. The first-order valence-corrected chi connectivity index (χ1v) is 7.99. The van der Waals surface area contributed by atoms with E-state index < -0.39 is 0 Å². The van der Waals surface area contributed by atoms with Crippen molar-refractivity contribution in [3.8, 4) is 0 Å². The summed E-state index contributed by atoms with van der Waals surface area (Å²) in [4.78, 5) is 12.4. The number of unbranched alkanes of at least 4 members (excludes halogenated alkanes) is 1. The normalized spacial score (nSPS) is 10.7. The number of hydrogen-bond donors (Lipinski definition) is 1. The number of carbonyl (C=O) groups excluding carboxylic acids is 1. The van der Waals surface area contributed by atoms with Crippen molar-refractivity contribution >= 4 is 39.1 Å². The van der Waals surface area contributed by atoms with Gasteiger partial charge in [-0.05, 0) is 31.5 Å². The molecule has 112 valence electrons. The number of rotatable bonds is 5. The molecule has 0 aliphatic carbocycles. The zero-order chi connectivity index (χ0) is 15.4. The van der Waals surface area contributed by atoms with E-state index in [0.29, 0.717) is 22.1 Å². The molecule has 1 amide bonds. The average Bonchev–Trinajstić information content (AvgIpc) is 2.71. The van der Waals surface area contributed by atoms with E-state index in [4.69, 9.17) is 11.6 Å². The molecule has 0 aliphatic heterocycles. The molecule has 1 aromatic carbocycles. The summed E-state index contributed by atoms with van der Waals surface area (Å²) in [6.45, 7) is 4.62. The predicted molar refractivity (Wildman–Crippen MR) is 89.0 cm³/mol. The van der Waals surface area contributed by atoms with Gasteiger partial charge in [-0.1, -0.05) is 46.9 Å². The molecule has 0 saturated carbocycles. The van der Waals surface area contributed by atoms with Crippen LogP contribution in [0.1, 0.15) is 35.8 Å². The summed E-state index contributed by atoms with van der Waals surface area (Å²) >= 11 is 9.66. The lowest BCUT2D eigenvalue weighted by atomic mass is 10.2. The minimum absolute atomic E-state index is 0.238. The van der Waals surface area contributed by atoms with Gasteiger partial charge in [-0.25, -0.2) is 0 Å². The first-order valence-electron chi connectivity index (χ1n) is 6.82. The largest absolute Gasteiger partial charge is 0.322 e. The molecular formula is C15H17BrClN3O. The Hall–Kier alpha value is -1.33. The van der Waals surface area contributed by atoms with Crippen LogP contribution in [0.25, 0.3) is 0 Å². The second kappa shape index (κ2) is 7.09. The number of hydrogen-bond acceptors (Lipinski definition) is 2. The average molecular weight is 371 g/mol. The lowest BCUT2D eigenvalue weighted by Gasteiger charge is -2.06. The highest BCUT2D eigenvalue weighted by Gasteiger charge is 2.20. The third kappa shape index (κ3) is 3.86. The number of amides is 1. The van der Waals surface area contributed by atoms with Crippen LogP contribution in [-0.4, -0.2) is 15.7 Å². The molecule has 0 spiro atoms. The van der Waals surface area contributed by atoms with Gasteiger partial charge in [0.2, 0.25) is 0 Å². The molecule has 1 aromatic heterocycles.